The Morgan fingerprint density at radius 2 is 1.88 bits per heavy atom. The molecule has 0 saturated carbocycles. The Morgan fingerprint density at radius 1 is 1.09 bits per heavy atom. The average molecular weight is 477 g/mol. The first-order valence-electron chi connectivity index (χ1n) is 10.5. The maximum Gasteiger partial charge on any atom is 0.261 e. The smallest absolute Gasteiger partial charge is 0.261 e. The van der Waals surface area contributed by atoms with E-state index in [0.29, 0.717) is 28.7 Å². The van der Waals surface area contributed by atoms with Gasteiger partial charge in [0.25, 0.3) is 5.56 Å². The monoisotopic (exact) mass is 476 g/mol. The largest absolute Gasteiger partial charge is 0.336 e. The number of likely N-dealkylation sites (tertiary alicyclic amines) is 1. The second-order valence-corrected chi connectivity index (χ2v) is 8.77. The van der Waals surface area contributed by atoms with Crippen LogP contribution in [-0.2, 0) is 17.9 Å². The van der Waals surface area contributed by atoms with Crippen LogP contribution in [0.4, 0.5) is 4.39 Å². The van der Waals surface area contributed by atoms with Crippen LogP contribution >= 0.6 is 23.2 Å². The van der Waals surface area contributed by atoms with E-state index in [1.165, 1.54) is 23.0 Å². The van der Waals surface area contributed by atoms with Gasteiger partial charge in [-0.15, -0.1) is 0 Å². The zero-order chi connectivity index (χ0) is 22.7. The lowest BCUT2D eigenvalue weighted by molar-refractivity contribution is -0.132. The van der Waals surface area contributed by atoms with E-state index in [1.54, 1.807) is 17.0 Å². The van der Waals surface area contributed by atoms with E-state index in [9.17, 15) is 14.0 Å². The highest BCUT2D eigenvalue weighted by molar-refractivity contribution is 6.42. The number of halogens is 3. The Labute approximate surface area is 195 Å². The summed E-state index contributed by atoms with van der Waals surface area (Å²) in [6.07, 6.45) is 3.66. The molecule has 0 aliphatic carbocycles. The maximum absolute atomic E-state index is 13.6. The predicted octanol–water partition coefficient (Wildman–Crippen LogP) is 3.97. The Balaban J connectivity index is 1.55. The van der Waals surface area contributed by atoms with E-state index in [0.717, 1.165) is 44.1 Å². The minimum absolute atomic E-state index is 0.147. The lowest BCUT2D eigenvalue weighted by Gasteiger charge is -2.26. The van der Waals surface area contributed by atoms with E-state index in [2.05, 4.69) is 9.88 Å². The van der Waals surface area contributed by atoms with Crippen molar-refractivity contribution in [3.63, 3.8) is 0 Å². The number of amides is 1. The summed E-state index contributed by atoms with van der Waals surface area (Å²) in [6.45, 7) is 3.48. The van der Waals surface area contributed by atoms with Gasteiger partial charge in [-0.25, -0.2) is 9.37 Å². The number of benzene rings is 2. The number of carbonyl (C=O) groups excluding carboxylic acids is 1. The fourth-order valence-electron chi connectivity index (χ4n) is 3.91. The third-order valence-electron chi connectivity index (χ3n) is 5.69. The van der Waals surface area contributed by atoms with Crippen LogP contribution in [0.2, 0.25) is 10.0 Å². The Bertz CT molecular complexity index is 1190. The molecule has 0 unspecified atom stereocenters. The molecule has 3 aromatic rings. The van der Waals surface area contributed by atoms with Crippen molar-refractivity contribution < 1.29 is 9.18 Å². The molecule has 1 fully saturated rings. The predicted molar refractivity (Wildman–Crippen MR) is 124 cm³/mol. The molecular formula is C23H23Cl2FN4O2. The Morgan fingerprint density at radius 3 is 2.62 bits per heavy atom. The molecule has 1 aromatic heterocycles. The lowest BCUT2D eigenvalue weighted by Crippen LogP contribution is -2.40. The molecule has 6 nitrogen and oxygen atoms in total. The van der Waals surface area contributed by atoms with Crippen molar-refractivity contribution in [3.8, 4) is 0 Å². The highest BCUT2D eigenvalue weighted by Gasteiger charge is 2.19. The highest BCUT2D eigenvalue weighted by Crippen LogP contribution is 2.23. The number of carbonyl (C=O) groups is 1. The third kappa shape index (κ3) is 5.28. The standard InChI is InChI=1S/C23H23Cl2FN4O2/c24-19-5-3-16(11-20(19)25)13-29(10-9-28-7-1-2-8-28)22(31)14-30-15-27-21-6-4-17(26)12-18(21)23(30)32/h3-6,11-12,15H,1-2,7-10,13-14H2. The molecule has 2 aromatic carbocycles. The van der Waals surface area contributed by atoms with Crippen molar-refractivity contribution in [1.82, 2.24) is 19.4 Å². The first kappa shape index (κ1) is 22.7. The van der Waals surface area contributed by atoms with E-state index in [-0.39, 0.29) is 17.8 Å². The van der Waals surface area contributed by atoms with E-state index >= 15 is 0 Å². The number of fused-ring (bicyclic) bond motifs is 1. The molecule has 0 spiro atoms. The van der Waals surface area contributed by atoms with Crippen molar-refractivity contribution in [2.45, 2.75) is 25.9 Å². The second kappa shape index (κ2) is 9.98. The van der Waals surface area contributed by atoms with Gasteiger partial charge in [-0.1, -0.05) is 29.3 Å². The molecule has 0 radical (unpaired) electrons. The first-order chi connectivity index (χ1) is 15.4. The van der Waals surface area contributed by atoms with Crippen molar-refractivity contribution in [1.29, 1.82) is 0 Å². The first-order valence-corrected chi connectivity index (χ1v) is 11.2. The molecule has 0 N–H and O–H groups in total. The average Bonchev–Trinajstić information content (AvgIpc) is 3.29. The molecule has 2 heterocycles. The van der Waals surface area contributed by atoms with Crippen LogP contribution in [0.25, 0.3) is 10.9 Å². The molecule has 1 saturated heterocycles. The van der Waals surface area contributed by atoms with Crippen molar-refractivity contribution in [2.24, 2.45) is 0 Å². The molecule has 1 aliphatic rings. The SMILES string of the molecule is O=C(Cn1cnc2ccc(F)cc2c1=O)N(CCN1CCCC1)Cc1ccc(Cl)c(Cl)c1. The maximum atomic E-state index is 13.6. The summed E-state index contributed by atoms with van der Waals surface area (Å²) in [6, 6.07) is 9.12. The molecule has 9 heteroatoms. The van der Waals surface area contributed by atoms with Gasteiger partial charge in [0, 0.05) is 19.6 Å². The van der Waals surface area contributed by atoms with Crippen molar-refractivity contribution in [3.05, 3.63) is 74.5 Å². The van der Waals surface area contributed by atoms with Crippen LogP contribution in [0.3, 0.4) is 0 Å². The molecule has 4 rings (SSSR count). The van der Waals surface area contributed by atoms with E-state index in [4.69, 9.17) is 23.2 Å². The van der Waals surface area contributed by atoms with Gasteiger partial charge < -0.3 is 9.80 Å². The zero-order valence-corrected chi connectivity index (χ0v) is 18.9. The van der Waals surface area contributed by atoms with Gasteiger partial charge in [0.15, 0.2) is 0 Å². The van der Waals surface area contributed by atoms with Gasteiger partial charge in [-0.2, -0.15) is 0 Å². The van der Waals surface area contributed by atoms with Crippen LogP contribution < -0.4 is 5.56 Å². The van der Waals surface area contributed by atoms with Gasteiger partial charge >= 0.3 is 0 Å². The molecule has 0 bridgehead atoms. The summed E-state index contributed by atoms with van der Waals surface area (Å²) in [5, 5.41) is 1.02. The minimum Gasteiger partial charge on any atom is -0.336 e. The number of aromatic nitrogens is 2. The van der Waals surface area contributed by atoms with Gasteiger partial charge in [-0.05, 0) is 61.8 Å². The van der Waals surface area contributed by atoms with Crippen LogP contribution in [0.1, 0.15) is 18.4 Å². The third-order valence-corrected chi connectivity index (χ3v) is 6.43. The fourth-order valence-corrected chi connectivity index (χ4v) is 4.23. The van der Waals surface area contributed by atoms with Gasteiger partial charge in [0.05, 0.1) is 27.3 Å². The Hall–Kier alpha value is -2.48. The molecule has 32 heavy (non-hydrogen) atoms. The second-order valence-electron chi connectivity index (χ2n) is 7.95. The number of hydrogen-bond donors (Lipinski definition) is 0. The molecule has 168 valence electrons. The Kier molecular flexibility index (Phi) is 7.08. The molecule has 1 aliphatic heterocycles. The van der Waals surface area contributed by atoms with Crippen molar-refractivity contribution >= 4 is 40.0 Å². The normalized spacial score (nSPS) is 14.2. The summed E-state index contributed by atoms with van der Waals surface area (Å²) in [5.41, 5.74) is 0.791. The van der Waals surface area contributed by atoms with Crippen LogP contribution in [-0.4, -0.2) is 51.4 Å². The highest BCUT2D eigenvalue weighted by atomic mass is 35.5. The summed E-state index contributed by atoms with van der Waals surface area (Å²) in [7, 11) is 0. The topological polar surface area (TPSA) is 58.4 Å². The fraction of sp³-hybridized carbons (Fsp3) is 0.348. The lowest BCUT2D eigenvalue weighted by atomic mass is 10.2. The number of rotatable bonds is 7. The quantitative estimate of drug-likeness (QED) is 0.517. The van der Waals surface area contributed by atoms with Crippen LogP contribution in [0.5, 0.6) is 0 Å². The minimum atomic E-state index is -0.521. The van der Waals surface area contributed by atoms with Gasteiger partial charge in [0.1, 0.15) is 12.4 Å². The van der Waals surface area contributed by atoms with Crippen LogP contribution in [0, 0.1) is 5.82 Å². The summed E-state index contributed by atoms with van der Waals surface area (Å²) in [4.78, 5) is 34.2. The van der Waals surface area contributed by atoms with Crippen LogP contribution in [0.15, 0.2) is 47.5 Å². The zero-order valence-electron chi connectivity index (χ0n) is 17.4. The van der Waals surface area contributed by atoms with Gasteiger partial charge in [0.2, 0.25) is 5.91 Å². The number of hydrogen-bond acceptors (Lipinski definition) is 4. The molecule has 0 atom stereocenters. The van der Waals surface area contributed by atoms with E-state index < -0.39 is 11.4 Å². The summed E-state index contributed by atoms with van der Waals surface area (Å²) >= 11 is 12.2. The van der Waals surface area contributed by atoms with Gasteiger partial charge in [-0.3, -0.25) is 14.2 Å². The van der Waals surface area contributed by atoms with E-state index in [1.807, 2.05) is 6.07 Å². The molecule has 1 amide bonds. The van der Waals surface area contributed by atoms with Crippen molar-refractivity contribution in [2.75, 3.05) is 26.2 Å². The molecular weight excluding hydrogens is 454 g/mol. The summed E-state index contributed by atoms with van der Waals surface area (Å²) < 4.78 is 14.8. The number of nitrogens with zero attached hydrogens (tertiary/aromatic N) is 4. The summed E-state index contributed by atoms with van der Waals surface area (Å²) in [5.74, 6) is -0.748.